The van der Waals surface area contributed by atoms with Gasteiger partial charge in [-0.05, 0) is 35.1 Å². The third-order valence-corrected chi connectivity index (χ3v) is 5.61. The smallest absolute Gasteiger partial charge is 0.160 e. The van der Waals surface area contributed by atoms with E-state index in [-0.39, 0.29) is 0 Å². The largest absolute Gasteiger partial charge is 0.326 e. The molecule has 0 aliphatic rings. The van der Waals surface area contributed by atoms with Gasteiger partial charge in [-0.3, -0.25) is 0 Å². The molecule has 0 saturated carbocycles. The number of aryl methyl sites for hydroxylation is 1. The molecule has 0 saturated heterocycles. The summed E-state index contributed by atoms with van der Waals surface area (Å²) in [6.45, 7) is 8.93. The third-order valence-electron chi connectivity index (χ3n) is 5.61. The Hall–Kier alpha value is -3.20. The van der Waals surface area contributed by atoms with Gasteiger partial charge in [-0.25, -0.2) is 9.98 Å². The van der Waals surface area contributed by atoms with Crippen molar-refractivity contribution in [3.63, 3.8) is 0 Å². The van der Waals surface area contributed by atoms with Crippen molar-refractivity contribution in [3.05, 3.63) is 95.3 Å². The minimum atomic E-state index is 0.389. The molecule has 0 spiro atoms. The van der Waals surface area contributed by atoms with E-state index in [2.05, 4.69) is 100.0 Å². The van der Waals surface area contributed by atoms with Gasteiger partial charge in [0, 0.05) is 12.6 Å². The second kappa shape index (κ2) is 8.27. The Kier molecular flexibility index (Phi) is 5.54. The Balaban J connectivity index is 2.04. The first-order valence-corrected chi connectivity index (χ1v) is 10.7. The Morgan fingerprint density at radius 1 is 0.767 bits per heavy atom. The van der Waals surface area contributed by atoms with E-state index in [1.165, 1.54) is 11.1 Å². The molecule has 3 heteroatoms. The van der Waals surface area contributed by atoms with E-state index in [0.717, 1.165) is 33.8 Å². The van der Waals surface area contributed by atoms with E-state index in [4.69, 9.17) is 9.98 Å². The molecule has 0 bridgehead atoms. The first-order chi connectivity index (χ1) is 14.5. The van der Waals surface area contributed by atoms with Gasteiger partial charge in [-0.2, -0.15) is 0 Å². The topological polar surface area (TPSA) is 30.2 Å². The molecule has 30 heavy (non-hydrogen) atoms. The van der Waals surface area contributed by atoms with E-state index in [9.17, 15) is 0 Å². The zero-order valence-electron chi connectivity index (χ0n) is 18.4. The lowest BCUT2D eigenvalue weighted by Crippen LogP contribution is -2.11. The molecule has 4 aromatic rings. The maximum atomic E-state index is 5.33. The highest BCUT2D eigenvalue weighted by atomic mass is 15.1. The van der Waals surface area contributed by atoms with Crippen molar-refractivity contribution in [1.82, 2.24) is 9.55 Å². The minimum Gasteiger partial charge on any atom is -0.326 e. The van der Waals surface area contributed by atoms with E-state index in [1.54, 1.807) is 0 Å². The Morgan fingerprint density at radius 2 is 1.37 bits per heavy atom. The number of hydrogen-bond acceptors (Lipinski definition) is 2. The second-order valence-electron chi connectivity index (χ2n) is 8.40. The van der Waals surface area contributed by atoms with Crippen LogP contribution in [0.15, 0.2) is 77.8 Å². The lowest BCUT2D eigenvalue weighted by atomic mass is 9.92. The van der Waals surface area contributed by atoms with Gasteiger partial charge in [0.1, 0.15) is 5.71 Å². The molecule has 0 aliphatic heterocycles. The highest BCUT2D eigenvalue weighted by Crippen LogP contribution is 2.36. The van der Waals surface area contributed by atoms with Crippen LogP contribution in [0.3, 0.4) is 0 Å². The van der Waals surface area contributed by atoms with E-state index in [0.29, 0.717) is 11.8 Å². The standard InChI is InChI=1S/C27H29N3/c1-18(2)21-14-11-15-22(19(3)4)26(21)29-25(20-12-7-6-8-13-20)27-28-23-16-9-10-17-24(23)30(27)5/h6-19H,1-5H3. The maximum absolute atomic E-state index is 5.33. The zero-order chi connectivity index (χ0) is 21.3. The first kappa shape index (κ1) is 20.1. The van der Waals surface area contributed by atoms with Crippen molar-refractivity contribution in [3.8, 4) is 0 Å². The maximum Gasteiger partial charge on any atom is 0.160 e. The van der Waals surface area contributed by atoms with Crippen molar-refractivity contribution in [1.29, 1.82) is 0 Å². The molecule has 0 N–H and O–H groups in total. The van der Waals surface area contributed by atoms with Crippen molar-refractivity contribution in [2.75, 3.05) is 0 Å². The molecule has 0 radical (unpaired) electrons. The predicted molar refractivity (Wildman–Crippen MR) is 127 cm³/mol. The second-order valence-corrected chi connectivity index (χ2v) is 8.40. The van der Waals surface area contributed by atoms with Crippen LogP contribution in [0.5, 0.6) is 0 Å². The number of hydrogen-bond donors (Lipinski definition) is 0. The molecular formula is C27H29N3. The van der Waals surface area contributed by atoms with Gasteiger partial charge in [-0.15, -0.1) is 0 Å². The molecule has 3 aromatic carbocycles. The third kappa shape index (κ3) is 3.68. The average Bonchev–Trinajstić information content (AvgIpc) is 3.08. The summed E-state index contributed by atoms with van der Waals surface area (Å²) < 4.78 is 2.15. The molecule has 1 heterocycles. The Bertz CT molecular complexity index is 1170. The van der Waals surface area contributed by atoms with Gasteiger partial charge in [0.2, 0.25) is 0 Å². The number of aromatic nitrogens is 2. The summed E-state index contributed by atoms with van der Waals surface area (Å²) in [6, 6.07) is 25.2. The van der Waals surface area contributed by atoms with Crippen LogP contribution < -0.4 is 0 Å². The van der Waals surface area contributed by atoms with Gasteiger partial charge in [0.25, 0.3) is 0 Å². The van der Waals surface area contributed by atoms with Crippen LogP contribution >= 0.6 is 0 Å². The van der Waals surface area contributed by atoms with Gasteiger partial charge in [-0.1, -0.05) is 88.4 Å². The van der Waals surface area contributed by atoms with Crippen molar-refractivity contribution in [2.45, 2.75) is 39.5 Å². The number of benzene rings is 3. The normalized spacial score (nSPS) is 12.3. The number of para-hydroxylation sites is 3. The van der Waals surface area contributed by atoms with Crippen LogP contribution in [0, 0.1) is 0 Å². The lowest BCUT2D eigenvalue weighted by Gasteiger charge is -2.18. The van der Waals surface area contributed by atoms with Crippen LogP contribution in [0.4, 0.5) is 5.69 Å². The molecule has 1 aromatic heterocycles. The molecule has 0 amide bonds. The lowest BCUT2D eigenvalue weighted by molar-refractivity contribution is 0.834. The molecular weight excluding hydrogens is 366 g/mol. The first-order valence-electron chi connectivity index (χ1n) is 10.7. The highest BCUT2D eigenvalue weighted by Gasteiger charge is 2.19. The van der Waals surface area contributed by atoms with E-state index < -0.39 is 0 Å². The van der Waals surface area contributed by atoms with Crippen LogP contribution in [-0.2, 0) is 7.05 Å². The summed E-state index contributed by atoms with van der Waals surface area (Å²) in [6.07, 6.45) is 0. The number of imidazole rings is 1. The number of aliphatic imine (C=N–C) groups is 1. The van der Waals surface area contributed by atoms with Crippen LogP contribution in [0.25, 0.3) is 11.0 Å². The van der Waals surface area contributed by atoms with E-state index in [1.807, 2.05) is 12.1 Å². The fraction of sp³-hybridized carbons (Fsp3) is 0.259. The van der Waals surface area contributed by atoms with Gasteiger partial charge in [0.15, 0.2) is 5.82 Å². The van der Waals surface area contributed by atoms with Crippen molar-refractivity contribution >= 4 is 22.4 Å². The van der Waals surface area contributed by atoms with E-state index >= 15 is 0 Å². The summed E-state index contributed by atoms with van der Waals surface area (Å²) in [5.41, 5.74) is 7.70. The summed E-state index contributed by atoms with van der Waals surface area (Å²) >= 11 is 0. The molecule has 3 nitrogen and oxygen atoms in total. The summed E-state index contributed by atoms with van der Waals surface area (Å²) in [4.78, 5) is 10.3. The molecule has 0 unspecified atom stereocenters. The van der Waals surface area contributed by atoms with Gasteiger partial charge >= 0.3 is 0 Å². The SMILES string of the molecule is CC(C)c1cccc(C(C)C)c1N=C(c1ccccc1)c1nc2ccccc2n1C. The minimum absolute atomic E-state index is 0.389. The van der Waals surface area contributed by atoms with Crippen molar-refractivity contribution in [2.24, 2.45) is 12.0 Å². The molecule has 0 aliphatic carbocycles. The van der Waals surface area contributed by atoms with Gasteiger partial charge < -0.3 is 4.57 Å². The zero-order valence-corrected chi connectivity index (χ0v) is 18.4. The predicted octanol–water partition coefficient (Wildman–Crippen LogP) is 6.99. The highest BCUT2D eigenvalue weighted by molar-refractivity contribution is 6.13. The van der Waals surface area contributed by atoms with Crippen LogP contribution in [-0.4, -0.2) is 15.3 Å². The Morgan fingerprint density at radius 3 is 1.97 bits per heavy atom. The monoisotopic (exact) mass is 395 g/mol. The fourth-order valence-corrected chi connectivity index (χ4v) is 3.95. The molecule has 0 fully saturated rings. The average molecular weight is 396 g/mol. The van der Waals surface area contributed by atoms with Crippen LogP contribution in [0.1, 0.15) is 62.0 Å². The molecule has 4 rings (SSSR count). The summed E-state index contributed by atoms with van der Waals surface area (Å²) in [5, 5.41) is 0. The number of fused-ring (bicyclic) bond motifs is 1. The summed E-state index contributed by atoms with van der Waals surface area (Å²) in [5.74, 6) is 1.66. The number of nitrogens with zero attached hydrogens (tertiary/aromatic N) is 3. The van der Waals surface area contributed by atoms with Gasteiger partial charge in [0.05, 0.1) is 16.7 Å². The quantitative estimate of drug-likeness (QED) is 0.335. The summed E-state index contributed by atoms with van der Waals surface area (Å²) in [7, 11) is 2.07. The fourth-order valence-electron chi connectivity index (χ4n) is 3.95. The Labute approximate surface area is 179 Å². The van der Waals surface area contributed by atoms with Crippen LogP contribution in [0.2, 0.25) is 0 Å². The van der Waals surface area contributed by atoms with Crippen molar-refractivity contribution < 1.29 is 0 Å². The molecule has 0 atom stereocenters. The molecule has 152 valence electrons. The number of rotatable bonds is 5.